The number of rotatable bonds is 6. The molecule has 0 radical (unpaired) electrons. The highest BCUT2D eigenvalue weighted by Gasteiger charge is 2.22. The maximum absolute atomic E-state index is 12.6. The topological polar surface area (TPSA) is 101 Å². The number of hydrogen-bond acceptors (Lipinski definition) is 7. The average Bonchev–Trinajstić information content (AvgIpc) is 2.85. The lowest BCUT2D eigenvalue weighted by Gasteiger charge is -2.35. The lowest BCUT2D eigenvalue weighted by molar-refractivity contribution is -0.115. The molecule has 9 heteroatoms. The molecule has 2 amide bonds. The number of hydrogen-bond donors (Lipinski definition) is 1. The molecule has 0 aromatic carbocycles. The normalized spacial score (nSPS) is 13.5. The van der Waals surface area contributed by atoms with Crippen molar-refractivity contribution in [3.05, 3.63) is 65.7 Å². The molecule has 0 unspecified atom stereocenters. The number of pyridine rings is 3. The second-order valence-corrected chi connectivity index (χ2v) is 8.49. The first-order chi connectivity index (χ1) is 16.9. The van der Waals surface area contributed by atoms with E-state index in [2.05, 4.69) is 25.2 Å². The van der Waals surface area contributed by atoms with Crippen molar-refractivity contribution in [2.75, 3.05) is 43.0 Å². The highest BCUT2D eigenvalue weighted by Crippen LogP contribution is 2.22. The molecule has 1 aliphatic heterocycles. The van der Waals surface area contributed by atoms with E-state index in [4.69, 9.17) is 4.74 Å². The summed E-state index contributed by atoms with van der Waals surface area (Å²) in [5, 5.41) is 2.86. The molecule has 0 spiro atoms. The number of aromatic nitrogens is 3. The monoisotopic (exact) mass is 474 g/mol. The van der Waals surface area contributed by atoms with E-state index in [1.54, 1.807) is 36.5 Å². The SMILES string of the molecule is CCOC(=O)N1CCN(c2ccc(NC(=O)Cc3cnc(-c4ccnc(C)c4)c(C)c3)nc2)CC1. The number of carbonyl (C=O) groups excluding carboxylic acids is 2. The van der Waals surface area contributed by atoms with Crippen LogP contribution in [0.1, 0.15) is 23.7 Å². The van der Waals surface area contributed by atoms with Crippen LogP contribution >= 0.6 is 0 Å². The summed E-state index contributed by atoms with van der Waals surface area (Å²) in [4.78, 5) is 41.5. The number of anilines is 2. The Morgan fingerprint density at radius 3 is 2.46 bits per heavy atom. The average molecular weight is 475 g/mol. The lowest BCUT2D eigenvalue weighted by atomic mass is 10.0. The molecule has 1 N–H and O–H groups in total. The molecule has 0 atom stereocenters. The highest BCUT2D eigenvalue weighted by atomic mass is 16.6. The largest absolute Gasteiger partial charge is 0.450 e. The van der Waals surface area contributed by atoms with Gasteiger partial charge in [0.2, 0.25) is 5.91 Å². The Morgan fingerprint density at radius 1 is 1.00 bits per heavy atom. The van der Waals surface area contributed by atoms with Crippen molar-refractivity contribution in [3.63, 3.8) is 0 Å². The molecule has 0 aliphatic carbocycles. The van der Waals surface area contributed by atoms with E-state index in [9.17, 15) is 9.59 Å². The summed E-state index contributed by atoms with van der Waals surface area (Å²) in [7, 11) is 0. The van der Waals surface area contributed by atoms with E-state index < -0.39 is 0 Å². The Bertz CT molecular complexity index is 1190. The van der Waals surface area contributed by atoms with Crippen molar-refractivity contribution < 1.29 is 14.3 Å². The summed E-state index contributed by atoms with van der Waals surface area (Å²) >= 11 is 0. The lowest BCUT2D eigenvalue weighted by Crippen LogP contribution is -2.49. The van der Waals surface area contributed by atoms with Crippen LogP contribution in [0.3, 0.4) is 0 Å². The standard InChI is InChI=1S/C26H30N6O3/c1-4-35-26(34)32-11-9-31(10-12-32)22-5-6-23(28-17-22)30-24(33)15-20-13-18(2)25(29-16-20)21-7-8-27-19(3)14-21/h5-8,13-14,16-17H,4,9-12,15H2,1-3H3,(H,28,30,33). The number of nitrogens with one attached hydrogen (secondary N) is 1. The minimum absolute atomic E-state index is 0.151. The fourth-order valence-corrected chi connectivity index (χ4v) is 4.11. The van der Waals surface area contributed by atoms with Crippen LogP contribution < -0.4 is 10.2 Å². The first kappa shape index (κ1) is 24.1. The van der Waals surface area contributed by atoms with Crippen molar-refractivity contribution in [3.8, 4) is 11.3 Å². The second kappa shape index (κ2) is 10.9. The molecule has 1 aliphatic rings. The van der Waals surface area contributed by atoms with E-state index in [-0.39, 0.29) is 18.4 Å². The fourth-order valence-electron chi connectivity index (χ4n) is 4.11. The third-order valence-electron chi connectivity index (χ3n) is 5.86. The van der Waals surface area contributed by atoms with Crippen LogP contribution in [-0.4, -0.2) is 64.6 Å². The third-order valence-corrected chi connectivity index (χ3v) is 5.86. The quantitative estimate of drug-likeness (QED) is 0.582. The molecule has 3 aromatic heterocycles. The van der Waals surface area contributed by atoms with Gasteiger partial charge in [-0.25, -0.2) is 9.78 Å². The Balaban J connectivity index is 1.31. The zero-order chi connectivity index (χ0) is 24.8. The molecule has 9 nitrogen and oxygen atoms in total. The Labute approximate surface area is 205 Å². The van der Waals surface area contributed by atoms with Gasteiger partial charge in [0, 0.05) is 49.8 Å². The van der Waals surface area contributed by atoms with Gasteiger partial charge in [-0.3, -0.25) is 14.8 Å². The minimum Gasteiger partial charge on any atom is -0.450 e. The van der Waals surface area contributed by atoms with Crippen LogP contribution in [0.5, 0.6) is 0 Å². The number of amides is 2. The van der Waals surface area contributed by atoms with Gasteiger partial charge in [0.25, 0.3) is 0 Å². The van der Waals surface area contributed by atoms with Crippen LogP contribution in [0, 0.1) is 13.8 Å². The molecule has 182 valence electrons. The Kier molecular flexibility index (Phi) is 7.54. The van der Waals surface area contributed by atoms with Crippen molar-refractivity contribution >= 4 is 23.5 Å². The molecule has 4 rings (SSSR count). The van der Waals surface area contributed by atoms with E-state index >= 15 is 0 Å². The summed E-state index contributed by atoms with van der Waals surface area (Å²) in [6, 6.07) is 9.65. The zero-order valence-corrected chi connectivity index (χ0v) is 20.3. The number of ether oxygens (including phenoxy) is 1. The van der Waals surface area contributed by atoms with Crippen LogP contribution in [-0.2, 0) is 16.0 Å². The highest BCUT2D eigenvalue weighted by molar-refractivity contribution is 5.91. The van der Waals surface area contributed by atoms with Crippen molar-refractivity contribution in [2.24, 2.45) is 0 Å². The van der Waals surface area contributed by atoms with Gasteiger partial charge in [-0.2, -0.15) is 0 Å². The maximum Gasteiger partial charge on any atom is 0.409 e. The van der Waals surface area contributed by atoms with E-state index in [0.717, 1.165) is 33.8 Å². The smallest absolute Gasteiger partial charge is 0.409 e. The molecule has 0 saturated carbocycles. The predicted octanol–water partition coefficient (Wildman–Crippen LogP) is 3.62. The molecule has 0 bridgehead atoms. The summed E-state index contributed by atoms with van der Waals surface area (Å²) in [6.45, 7) is 8.73. The zero-order valence-electron chi connectivity index (χ0n) is 20.3. The van der Waals surface area contributed by atoms with Gasteiger partial charge < -0.3 is 19.9 Å². The van der Waals surface area contributed by atoms with Gasteiger partial charge in [0.05, 0.1) is 30.6 Å². The predicted molar refractivity (Wildman–Crippen MR) is 134 cm³/mol. The molecule has 35 heavy (non-hydrogen) atoms. The van der Waals surface area contributed by atoms with Crippen LogP contribution in [0.4, 0.5) is 16.3 Å². The number of carbonyl (C=O) groups is 2. The maximum atomic E-state index is 12.6. The van der Waals surface area contributed by atoms with Crippen molar-refractivity contribution in [1.29, 1.82) is 0 Å². The van der Waals surface area contributed by atoms with E-state index in [1.165, 1.54) is 0 Å². The summed E-state index contributed by atoms with van der Waals surface area (Å²) in [5.74, 6) is 0.347. The van der Waals surface area contributed by atoms with Crippen LogP contribution in [0.15, 0.2) is 48.9 Å². The Morgan fingerprint density at radius 2 is 1.80 bits per heavy atom. The Hall–Kier alpha value is -4.01. The number of aryl methyl sites for hydroxylation is 2. The molecule has 1 saturated heterocycles. The molecular formula is C26H30N6O3. The van der Waals surface area contributed by atoms with Gasteiger partial charge >= 0.3 is 6.09 Å². The van der Waals surface area contributed by atoms with Crippen molar-refractivity contribution in [2.45, 2.75) is 27.2 Å². The molecule has 1 fully saturated rings. The molecule has 3 aromatic rings. The molecule has 4 heterocycles. The fraction of sp³-hybridized carbons (Fsp3) is 0.346. The summed E-state index contributed by atoms with van der Waals surface area (Å²) in [5.41, 5.74) is 5.63. The second-order valence-electron chi connectivity index (χ2n) is 8.49. The van der Waals surface area contributed by atoms with Gasteiger partial charge in [-0.1, -0.05) is 6.07 Å². The first-order valence-corrected chi connectivity index (χ1v) is 11.7. The van der Waals surface area contributed by atoms with Gasteiger partial charge in [0.15, 0.2) is 0 Å². The van der Waals surface area contributed by atoms with Crippen LogP contribution in [0.25, 0.3) is 11.3 Å². The van der Waals surface area contributed by atoms with Crippen LogP contribution in [0.2, 0.25) is 0 Å². The summed E-state index contributed by atoms with van der Waals surface area (Å²) in [6.07, 6.45) is 5.20. The van der Waals surface area contributed by atoms with Crippen molar-refractivity contribution in [1.82, 2.24) is 19.9 Å². The number of piperazine rings is 1. The first-order valence-electron chi connectivity index (χ1n) is 11.7. The van der Waals surface area contributed by atoms with Gasteiger partial charge in [-0.15, -0.1) is 0 Å². The summed E-state index contributed by atoms with van der Waals surface area (Å²) < 4.78 is 5.06. The minimum atomic E-state index is -0.268. The van der Waals surface area contributed by atoms with Gasteiger partial charge in [0.1, 0.15) is 5.82 Å². The third kappa shape index (κ3) is 6.11. The van der Waals surface area contributed by atoms with Gasteiger partial charge in [-0.05, 0) is 56.2 Å². The van der Waals surface area contributed by atoms with E-state index in [0.29, 0.717) is 38.6 Å². The molecular weight excluding hydrogens is 444 g/mol. The number of nitrogens with zero attached hydrogens (tertiary/aromatic N) is 5. The van der Waals surface area contributed by atoms with E-state index in [1.807, 2.05) is 38.1 Å².